The quantitative estimate of drug-likeness (QED) is 0.698. The van der Waals surface area contributed by atoms with Gasteiger partial charge in [-0.1, -0.05) is 12.1 Å². The number of hydrogen-bond donors (Lipinski definition) is 3. The molecule has 1 amide bonds. The second-order valence-corrected chi connectivity index (χ2v) is 4.67. The average Bonchev–Trinajstić information content (AvgIpc) is 2.83. The first kappa shape index (κ1) is 13.6. The van der Waals surface area contributed by atoms with Gasteiger partial charge in [0.15, 0.2) is 0 Å². The molecular weight excluding hydrogens is 246 g/mol. The molecular formula is C14H17NO4. The maximum atomic E-state index is 11.6. The fourth-order valence-corrected chi connectivity index (χ4v) is 1.80. The summed E-state index contributed by atoms with van der Waals surface area (Å²) in [4.78, 5) is 11.6. The predicted octanol–water partition coefficient (Wildman–Crippen LogP) is 0.673. The summed E-state index contributed by atoms with van der Waals surface area (Å²) in [5.41, 5.74) is -0.127. The Labute approximate surface area is 111 Å². The maximum Gasteiger partial charge on any atom is 0.244 e. The molecule has 1 aliphatic heterocycles. The van der Waals surface area contributed by atoms with Crippen molar-refractivity contribution in [1.29, 1.82) is 0 Å². The zero-order valence-corrected chi connectivity index (χ0v) is 10.5. The lowest BCUT2D eigenvalue weighted by molar-refractivity contribution is -0.117. The Kier molecular flexibility index (Phi) is 4.19. The lowest BCUT2D eigenvalue weighted by atomic mass is 10.0. The molecule has 1 saturated heterocycles. The van der Waals surface area contributed by atoms with Gasteiger partial charge in [0.1, 0.15) is 11.4 Å². The number of benzene rings is 1. The fraction of sp³-hybridized carbons (Fsp3) is 0.357. The number of phenolic OH excluding ortho intramolecular Hbond substituents is 1. The normalized spacial score (nSPS) is 22.8. The van der Waals surface area contributed by atoms with Crippen molar-refractivity contribution in [3.8, 4) is 5.75 Å². The highest BCUT2D eigenvalue weighted by molar-refractivity contribution is 5.91. The summed E-state index contributed by atoms with van der Waals surface area (Å²) >= 11 is 0. The van der Waals surface area contributed by atoms with E-state index in [1.165, 1.54) is 6.08 Å². The molecule has 0 aliphatic carbocycles. The topological polar surface area (TPSA) is 78.8 Å². The van der Waals surface area contributed by atoms with Crippen LogP contribution in [0.15, 0.2) is 30.3 Å². The molecule has 0 spiro atoms. The number of aromatic hydroxyl groups is 1. The van der Waals surface area contributed by atoms with E-state index in [-0.39, 0.29) is 24.8 Å². The highest BCUT2D eigenvalue weighted by Gasteiger charge is 2.32. The molecule has 0 bridgehead atoms. The second kappa shape index (κ2) is 5.86. The Morgan fingerprint density at radius 1 is 1.42 bits per heavy atom. The Balaban J connectivity index is 1.82. The monoisotopic (exact) mass is 263 g/mol. The molecule has 1 fully saturated rings. The third-order valence-electron chi connectivity index (χ3n) is 2.99. The lowest BCUT2D eigenvalue weighted by Crippen LogP contribution is -2.42. The van der Waals surface area contributed by atoms with Crippen LogP contribution in [0.2, 0.25) is 0 Å². The predicted molar refractivity (Wildman–Crippen MR) is 70.5 cm³/mol. The van der Waals surface area contributed by atoms with E-state index in [0.29, 0.717) is 13.0 Å². The van der Waals surface area contributed by atoms with E-state index >= 15 is 0 Å². The summed E-state index contributed by atoms with van der Waals surface area (Å²) < 4.78 is 5.09. The Morgan fingerprint density at radius 2 is 2.16 bits per heavy atom. The van der Waals surface area contributed by atoms with E-state index in [2.05, 4.69) is 5.32 Å². The minimum absolute atomic E-state index is 0.185. The van der Waals surface area contributed by atoms with Crippen molar-refractivity contribution in [2.75, 3.05) is 19.8 Å². The Morgan fingerprint density at radius 3 is 2.79 bits per heavy atom. The van der Waals surface area contributed by atoms with Crippen LogP contribution in [0.25, 0.3) is 6.08 Å². The van der Waals surface area contributed by atoms with Crippen molar-refractivity contribution in [3.05, 3.63) is 35.9 Å². The van der Waals surface area contributed by atoms with Crippen molar-refractivity contribution in [2.45, 2.75) is 12.0 Å². The van der Waals surface area contributed by atoms with Crippen LogP contribution in [0.5, 0.6) is 5.75 Å². The number of hydrogen-bond acceptors (Lipinski definition) is 4. The van der Waals surface area contributed by atoms with Crippen molar-refractivity contribution in [1.82, 2.24) is 5.32 Å². The molecule has 1 aromatic rings. The molecule has 3 N–H and O–H groups in total. The maximum absolute atomic E-state index is 11.6. The number of aliphatic hydroxyl groups is 1. The zero-order valence-electron chi connectivity index (χ0n) is 10.5. The third-order valence-corrected chi connectivity index (χ3v) is 2.99. The number of phenols is 1. The molecule has 1 heterocycles. The van der Waals surface area contributed by atoms with Gasteiger partial charge in [-0.3, -0.25) is 4.79 Å². The minimum atomic E-state index is -0.942. The molecule has 0 radical (unpaired) electrons. The highest BCUT2D eigenvalue weighted by atomic mass is 16.5. The van der Waals surface area contributed by atoms with Crippen LogP contribution in [0.3, 0.4) is 0 Å². The van der Waals surface area contributed by atoms with Gasteiger partial charge in [0, 0.05) is 25.6 Å². The Bertz CT molecular complexity index is 461. The van der Waals surface area contributed by atoms with Crippen LogP contribution < -0.4 is 5.32 Å². The zero-order chi connectivity index (χ0) is 13.7. The summed E-state index contributed by atoms with van der Waals surface area (Å²) in [6.07, 6.45) is 3.57. The Hall–Kier alpha value is -1.85. The third kappa shape index (κ3) is 4.08. The molecule has 1 aromatic carbocycles. The number of amides is 1. The van der Waals surface area contributed by atoms with Gasteiger partial charge in [0.05, 0.1) is 6.61 Å². The number of carbonyl (C=O) groups excluding carboxylic acids is 1. The highest BCUT2D eigenvalue weighted by Crippen LogP contribution is 2.16. The van der Waals surface area contributed by atoms with Crippen molar-refractivity contribution < 1.29 is 19.7 Å². The van der Waals surface area contributed by atoms with Crippen LogP contribution in [0.4, 0.5) is 0 Å². The van der Waals surface area contributed by atoms with Gasteiger partial charge >= 0.3 is 0 Å². The van der Waals surface area contributed by atoms with Crippen LogP contribution in [0.1, 0.15) is 12.0 Å². The van der Waals surface area contributed by atoms with Gasteiger partial charge in [0.25, 0.3) is 0 Å². The summed E-state index contributed by atoms with van der Waals surface area (Å²) in [7, 11) is 0. The van der Waals surface area contributed by atoms with Gasteiger partial charge < -0.3 is 20.3 Å². The minimum Gasteiger partial charge on any atom is -0.508 e. The van der Waals surface area contributed by atoms with Crippen LogP contribution in [-0.2, 0) is 9.53 Å². The largest absolute Gasteiger partial charge is 0.508 e. The van der Waals surface area contributed by atoms with Crippen LogP contribution in [0, 0.1) is 0 Å². The molecule has 2 rings (SSSR count). The average molecular weight is 263 g/mol. The van der Waals surface area contributed by atoms with E-state index in [4.69, 9.17) is 9.84 Å². The van der Waals surface area contributed by atoms with Crippen molar-refractivity contribution >= 4 is 12.0 Å². The number of rotatable bonds is 4. The van der Waals surface area contributed by atoms with E-state index in [9.17, 15) is 9.90 Å². The molecule has 0 aromatic heterocycles. The number of ether oxygens (including phenoxy) is 1. The number of carbonyl (C=O) groups is 1. The first-order chi connectivity index (χ1) is 9.07. The van der Waals surface area contributed by atoms with E-state index in [1.807, 2.05) is 0 Å². The summed E-state index contributed by atoms with van der Waals surface area (Å²) in [6, 6.07) is 6.52. The number of nitrogens with one attached hydrogen (secondary N) is 1. The molecule has 1 unspecified atom stereocenters. The van der Waals surface area contributed by atoms with E-state index in [1.54, 1.807) is 30.3 Å². The van der Waals surface area contributed by atoms with Crippen LogP contribution in [-0.4, -0.2) is 41.5 Å². The van der Waals surface area contributed by atoms with Crippen molar-refractivity contribution in [2.24, 2.45) is 0 Å². The molecule has 1 atom stereocenters. The first-order valence-electron chi connectivity index (χ1n) is 6.12. The van der Waals surface area contributed by atoms with Gasteiger partial charge in [-0.05, 0) is 23.8 Å². The van der Waals surface area contributed by atoms with E-state index in [0.717, 1.165) is 5.56 Å². The molecule has 0 saturated carbocycles. The summed E-state index contributed by atoms with van der Waals surface area (Å²) in [5.74, 6) is -0.0848. The molecule has 19 heavy (non-hydrogen) atoms. The fourth-order valence-electron chi connectivity index (χ4n) is 1.80. The van der Waals surface area contributed by atoms with Gasteiger partial charge in [0.2, 0.25) is 5.91 Å². The smallest absolute Gasteiger partial charge is 0.244 e. The van der Waals surface area contributed by atoms with Crippen molar-refractivity contribution in [3.63, 3.8) is 0 Å². The molecule has 1 aliphatic rings. The van der Waals surface area contributed by atoms with Gasteiger partial charge in [-0.15, -0.1) is 0 Å². The SMILES string of the molecule is O=C(/C=C/c1ccc(O)cc1)NCC1(O)CCOC1. The second-order valence-electron chi connectivity index (χ2n) is 4.67. The standard InChI is InChI=1S/C14H17NO4/c16-12-4-1-11(2-5-12)3-6-13(17)15-9-14(18)7-8-19-10-14/h1-6,16,18H,7-10H2,(H,15,17)/b6-3+. The summed E-state index contributed by atoms with van der Waals surface area (Å²) in [5, 5.41) is 21.7. The molecule has 5 heteroatoms. The lowest BCUT2D eigenvalue weighted by Gasteiger charge is -2.19. The summed E-state index contributed by atoms with van der Waals surface area (Å²) in [6.45, 7) is 0.969. The van der Waals surface area contributed by atoms with Gasteiger partial charge in [-0.25, -0.2) is 0 Å². The molecule has 5 nitrogen and oxygen atoms in total. The van der Waals surface area contributed by atoms with E-state index < -0.39 is 5.60 Å². The first-order valence-corrected chi connectivity index (χ1v) is 6.12. The molecule has 102 valence electrons. The van der Waals surface area contributed by atoms with Crippen LogP contribution >= 0.6 is 0 Å². The van der Waals surface area contributed by atoms with Gasteiger partial charge in [-0.2, -0.15) is 0 Å².